The summed E-state index contributed by atoms with van der Waals surface area (Å²) in [5.74, 6) is -0.977. The minimum atomic E-state index is -0.925. The summed E-state index contributed by atoms with van der Waals surface area (Å²) in [6, 6.07) is 0.124. The third kappa shape index (κ3) is 2.61. The normalized spacial score (nSPS) is 15.5. The lowest BCUT2D eigenvalue weighted by Crippen LogP contribution is -2.40. The highest BCUT2D eigenvalue weighted by Crippen LogP contribution is 2.31. The first-order valence-electron chi connectivity index (χ1n) is 6.73. The summed E-state index contributed by atoms with van der Waals surface area (Å²) in [6.07, 6.45) is 4.00. The van der Waals surface area contributed by atoms with Gasteiger partial charge in [0, 0.05) is 13.1 Å². The van der Waals surface area contributed by atoms with Gasteiger partial charge in [-0.25, -0.2) is 0 Å². The lowest BCUT2D eigenvalue weighted by Gasteiger charge is -2.29. The van der Waals surface area contributed by atoms with Crippen molar-refractivity contribution in [3.63, 3.8) is 0 Å². The third-order valence-electron chi connectivity index (χ3n) is 3.78. The number of primary amides is 1. The van der Waals surface area contributed by atoms with E-state index in [4.69, 9.17) is 10.8 Å². The highest BCUT2D eigenvalue weighted by molar-refractivity contribution is 5.99. The van der Waals surface area contributed by atoms with Gasteiger partial charge in [0.2, 0.25) is 0 Å². The zero-order valence-corrected chi connectivity index (χ0v) is 11.8. The third-order valence-corrected chi connectivity index (χ3v) is 3.78. The fourth-order valence-electron chi connectivity index (χ4n) is 3.00. The van der Waals surface area contributed by atoms with Gasteiger partial charge in [0.15, 0.2) is 0 Å². The van der Waals surface area contributed by atoms with E-state index in [1.165, 1.54) is 0 Å². The van der Waals surface area contributed by atoms with Gasteiger partial charge in [-0.1, -0.05) is 12.8 Å². The van der Waals surface area contributed by atoms with Crippen molar-refractivity contribution >= 4 is 17.7 Å². The standard InChI is InChI=1S/C13H20N4O3/c1-8-11(12(14)20)13(16(2)15-8)17(7-10(18)19)9-5-3-4-6-9/h9H,3-7H2,1-2H3,(H2,14,20)(H,18,19). The second kappa shape index (κ2) is 5.52. The summed E-state index contributed by atoms with van der Waals surface area (Å²) in [5.41, 5.74) is 6.28. The second-order valence-corrected chi connectivity index (χ2v) is 5.23. The van der Waals surface area contributed by atoms with E-state index in [1.807, 2.05) is 0 Å². The Morgan fingerprint density at radius 2 is 2.05 bits per heavy atom. The Kier molecular flexibility index (Phi) is 3.96. The highest BCUT2D eigenvalue weighted by Gasteiger charge is 2.31. The minimum Gasteiger partial charge on any atom is -0.480 e. The van der Waals surface area contributed by atoms with Crippen LogP contribution in [0.4, 0.5) is 5.82 Å². The topological polar surface area (TPSA) is 101 Å². The zero-order valence-electron chi connectivity index (χ0n) is 11.8. The number of nitrogens with zero attached hydrogens (tertiary/aromatic N) is 3. The quantitative estimate of drug-likeness (QED) is 0.825. The molecule has 7 nitrogen and oxygen atoms in total. The van der Waals surface area contributed by atoms with Crippen LogP contribution in [0.5, 0.6) is 0 Å². The zero-order chi connectivity index (χ0) is 14.9. The minimum absolute atomic E-state index is 0.124. The Morgan fingerprint density at radius 3 is 2.55 bits per heavy atom. The predicted octanol–water partition coefficient (Wildman–Crippen LogP) is 0.661. The second-order valence-electron chi connectivity index (χ2n) is 5.23. The maximum atomic E-state index is 11.7. The first-order valence-corrected chi connectivity index (χ1v) is 6.73. The summed E-state index contributed by atoms with van der Waals surface area (Å²) >= 11 is 0. The summed E-state index contributed by atoms with van der Waals surface area (Å²) in [7, 11) is 1.71. The van der Waals surface area contributed by atoms with E-state index in [-0.39, 0.29) is 12.6 Å². The number of carboxylic acids is 1. The summed E-state index contributed by atoms with van der Waals surface area (Å²) in [6.45, 7) is 1.56. The molecule has 1 aliphatic rings. The molecule has 0 unspecified atom stereocenters. The molecule has 1 aromatic rings. The number of aryl methyl sites for hydroxylation is 2. The van der Waals surface area contributed by atoms with Crippen LogP contribution in [-0.2, 0) is 11.8 Å². The molecule has 1 saturated carbocycles. The van der Waals surface area contributed by atoms with Crippen molar-refractivity contribution in [2.75, 3.05) is 11.4 Å². The van der Waals surface area contributed by atoms with Gasteiger partial charge < -0.3 is 15.7 Å². The number of hydrogen-bond donors (Lipinski definition) is 2. The molecule has 1 amide bonds. The number of aliphatic carboxylic acids is 1. The van der Waals surface area contributed by atoms with Gasteiger partial charge in [0.25, 0.3) is 5.91 Å². The number of carbonyl (C=O) groups is 2. The van der Waals surface area contributed by atoms with Crippen LogP contribution in [0.3, 0.4) is 0 Å². The van der Waals surface area contributed by atoms with E-state index in [9.17, 15) is 9.59 Å². The predicted molar refractivity (Wildman–Crippen MR) is 73.7 cm³/mol. The van der Waals surface area contributed by atoms with Gasteiger partial charge in [-0.3, -0.25) is 14.3 Å². The Bertz CT molecular complexity index is 532. The van der Waals surface area contributed by atoms with Gasteiger partial charge >= 0.3 is 5.97 Å². The summed E-state index contributed by atoms with van der Waals surface area (Å²) < 4.78 is 1.55. The Morgan fingerprint density at radius 1 is 1.45 bits per heavy atom. The molecule has 110 valence electrons. The van der Waals surface area contributed by atoms with E-state index in [0.717, 1.165) is 25.7 Å². The summed E-state index contributed by atoms with van der Waals surface area (Å²) in [5, 5.41) is 13.4. The van der Waals surface area contributed by atoms with Gasteiger partial charge in [-0.05, 0) is 19.8 Å². The molecule has 7 heteroatoms. The van der Waals surface area contributed by atoms with E-state index < -0.39 is 11.9 Å². The smallest absolute Gasteiger partial charge is 0.323 e. The van der Waals surface area contributed by atoms with Crippen LogP contribution in [0.25, 0.3) is 0 Å². The van der Waals surface area contributed by atoms with Gasteiger partial charge in [0.1, 0.15) is 17.9 Å². The number of amides is 1. The fraction of sp³-hybridized carbons (Fsp3) is 0.615. The SMILES string of the molecule is Cc1nn(C)c(N(CC(=O)O)C2CCCC2)c1C(N)=O. The number of carboxylic acid groups (broad SMARTS) is 1. The van der Waals surface area contributed by atoms with Gasteiger partial charge in [-0.2, -0.15) is 5.10 Å². The lowest BCUT2D eigenvalue weighted by atomic mass is 10.1. The average molecular weight is 280 g/mol. The van der Waals surface area contributed by atoms with Crippen molar-refractivity contribution < 1.29 is 14.7 Å². The molecule has 0 saturated heterocycles. The Labute approximate surface area is 117 Å². The molecule has 20 heavy (non-hydrogen) atoms. The molecule has 0 atom stereocenters. The molecule has 1 fully saturated rings. The van der Waals surface area contributed by atoms with E-state index in [2.05, 4.69) is 5.10 Å². The molecule has 0 spiro atoms. The molecule has 0 aromatic carbocycles. The van der Waals surface area contributed by atoms with E-state index >= 15 is 0 Å². The maximum absolute atomic E-state index is 11.7. The lowest BCUT2D eigenvalue weighted by molar-refractivity contribution is -0.135. The number of hydrogen-bond acceptors (Lipinski definition) is 4. The van der Waals surface area contributed by atoms with Crippen LogP contribution < -0.4 is 10.6 Å². The monoisotopic (exact) mass is 280 g/mol. The first kappa shape index (κ1) is 14.4. The first-order chi connectivity index (χ1) is 9.41. The van der Waals surface area contributed by atoms with Crippen molar-refractivity contribution in [1.29, 1.82) is 0 Å². The van der Waals surface area contributed by atoms with Crippen molar-refractivity contribution in [2.24, 2.45) is 12.8 Å². The van der Waals surface area contributed by atoms with Crippen LogP contribution in [0.2, 0.25) is 0 Å². The van der Waals surface area contributed by atoms with E-state index in [0.29, 0.717) is 17.1 Å². The van der Waals surface area contributed by atoms with Crippen molar-refractivity contribution in [2.45, 2.75) is 38.6 Å². The molecule has 1 aliphatic carbocycles. The molecular weight excluding hydrogens is 260 g/mol. The van der Waals surface area contributed by atoms with Crippen LogP contribution in [0.1, 0.15) is 41.7 Å². The Balaban J connectivity index is 2.47. The molecule has 0 radical (unpaired) electrons. The number of anilines is 1. The fourth-order valence-corrected chi connectivity index (χ4v) is 3.00. The average Bonchev–Trinajstić information content (AvgIpc) is 2.93. The highest BCUT2D eigenvalue weighted by atomic mass is 16.4. The number of carbonyl (C=O) groups excluding carboxylic acids is 1. The molecule has 0 bridgehead atoms. The van der Waals surface area contributed by atoms with Crippen molar-refractivity contribution in [1.82, 2.24) is 9.78 Å². The molecule has 2 rings (SSSR count). The van der Waals surface area contributed by atoms with Crippen LogP contribution in [-0.4, -0.2) is 39.4 Å². The number of aromatic nitrogens is 2. The number of nitrogens with two attached hydrogens (primary N) is 1. The molecular formula is C13H20N4O3. The Hall–Kier alpha value is -2.05. The van der Waals surface area contributed by atoms with E-state index in [1.54, 1.807) is 23.6 Å². The van der Waals surface area contributed by atoms with Crippen molar-refractivity contribution in [3.8, 4) is 0 Å². The maximum Gasteiger partial charge on any atom is 0.323 e. The molecule has 3 N–H and O–H groups in total. The van der Waals surface area contributed by atoms with Crippen LogP contribution in [0, 0.1) is 6.92 Å². The summed E-state index contributed by atoms with van der Waals surface area (Å²) in [4.78, 5) is 24.6. The molecule has 1 aromatic heterocycles. The largest absolute Gasteiger partial charge is 0.480 e. The van der Waals surface area contributed by atoms with Gasteiger partial charge in [-0.15, -0.1) is 0 Å². The van der Waals surface area contributed by atoms with Crippen molar-refractivity contribution in [3.05, 3.63) is 11.3 Å². The van der Waals surface area contributed by atoms with Gasteiger partial charge in [0.05, 0.1) is 5.69 Å². The van der Waals surface area contributed by atoms with Crippen LogP contribution in [0.15, 0.2) is 0 Å². The van der Waals surface area contributed by atoms with Crippen LogP contribution >= 0.6 is 0 Å². The number of rotatable bonds is 5. The molecule has 1 heterocycles. The molecule has 0 aliphatic heterocycles.